The number of hydrogen-bond donors (Lipinski definition) is 1. The summed E-state index contributed by atoms with van der Waals surface area (Å²) >= 11 is 0. The largest absolute Gasteiger partial charge is 0.372 e. The van der Waals surface area contributed by atoms with Crippen LogP contribution in [-0.4, -0.2) is 50.2 Å². The normalized spacial score (nSPS) is 19.3. The molecule has 0 aliphatic carbocycles. The van der Waals surface area contributed by atoms with Gasteiger partial charge in [-0.3, -0.25) is 4.79 Å². The Balaban J connectivity index is 2.10. The van der Waals surface area contributed by atoms with Crippen LogP contribution in [0.25, 0.3) is 0 Å². The van der Waals surface area contributed by atoms with Crippen LogP contribution in [0, 0.1) is 0 Å². The van der Waals surface area contributed by atoms with E-state index >= 15 is 0 Å². The van der Waals surface area contributed by atoms with E-state index in [9.17, 15) is 4.79 Å². The van der Waals surface area contributed by atoms with Gasteiger partial charge in [-0.2, -0.15) is 0 Å². The summed E-state index contributed by atoms with van der Waals surface area (Å²) in [6.07, 6.45) is 0.475. The first-order chi connectivity index (χ1) is 6.03. The van der Waals surface area contributed by atoms with Gasteiger partial charge in [0, 0.05) is 27.2 Å². The molecule has 0 atom stereocenters. The Labute approximate surface area is 79.2 Å². The molecule has 0 aromatic heterocycles. The number of carbonyl (C=O) groups is 1. The maximum atomic E-state index is 11.2. The summed E-state index contributed by atoms with van der Waals surface area (Å²) in [5, 5.41) is 3.14. The van der Waals surface area contributed by atoms with Gasteiger partial charge in [-0.1, -0.05) is 0 Å². The fourth-order valence-electron chi connectivity index (χ4n) is 1.19. The Morgan fingerprint density at radius 2 is 2.15 bits per heavy atom. The maximum Gasteiger partial charge on any atom is 0.224 e. The fourth-order valence-corrected chi connectivity index (χ4v) is 1.19. The first-order valence-corrected chi connectivity index (χ1v) is 4.58. The minimum atomic E-state index is -0.0351. The van der Waals surface area contributed by atoms with E-state index in [2.05, 4.69) is 12.2 Å². The SMILES string of the molecule is CN(C)C(=O)CCOC1(C)CNC1. The number of amides is 1. The number of nitrogens with zero attached hydrogens (tertiary/aromatic N) is 1. The van der Waals surface area contributed by atoms with Gasteiger partial charge in [0.25, 0.3) is 0 Å². The van der Waals surface area contributed by atoms with E-state index in [0.717, 1.165) is 13.1 Å². The summed E-state index contributed by atoms with van der Waals surface area (Å²) < 4.78 is 5.58. The molecule has 0 aromatic rings. The molecule has 0 aromatic carbocycles. The molecule has 0 spiro atoms. The van der Waals surface area contributed by atoms with Crippen molar-refractivity contribution in [2.75, 3.05) is 33.8 Å². The summed E-state index contributed by atoms with van der Waals surface area (Å²) in [5.41, 5.74) is -0.0351. The third-order valence-corrected chi connectivity index (χ3v) is 2.26. The molecule has 1 N–H and O–H groups in total. The lowest BCUT2D eigenvalue weighted by Gasteiger charge is -2.39. The molecule has 0 unspecified atom stereocenters. The van der Waals surface area contributed by atoms with E-state index in [4.69, 9.17) is 4.74 Å². The van der Waals surface area contributed by atoms with Crippen LogP contribution in [0.3, 0.4) is 0 Å². The van der Waals surface area contributed by atoms with Gasteiger partial charge in [0.05, 0.1) is 18.6 Å². The van der Waals surface area contributed by atoms with E-state index in [1.165, 1.54) is 0 Å². The van der Waals surface area contributed by atoms with Crippen molar-refractivity contribution in [2.24, 2.45) is 0 Å². The van der Waals surface area contributed by atoms with E-state index in [1.54, 1.807) is 19.0 Å². The van der Waals surface area contributed by atoms with E-state index in [1.807, 2.05) is 0 Å². The van der Waals surface area contributed by atoms with Crippen LogP contribution in [0.2, 0.25) is 0 Å². The second-order valence-electron chi connectivity index (χ2n) is 3.94. The van der Waals surface area contributed by atoms with Gasteiger partial charge in [-0.25, -0.2) is 0 Å². The van der Waals surface area contributed by atoms with Gasteiger partial charge >= 0.3 is 0 Å². The number of nitrogens with one attached hydrogen (secondary N) is 1. The average molecular weight is 186 g/mol. The molecule has 0 saturated carbocycles. The zero-order valence-corrected chi connectivity index (χ0v) is 8.59. The zero-order valence-electron chi connectivity index (χ0n) is 8.59. The quantitative estimate of drug-likeness (QED) is 0.663. The molecule has 4 heteroatoms. The van der Waals surface area contributed by atoms with Gasteiger partial charge < -0.3 is 15.0 Å². The van der Waals surface area contributed by atoms with Gasteiger partial charge in [0.2, 0.25) is 5.91 Å². The fraction of sp³-hybridized carbons (Fsp3) is 0.889. The number of ether oxygens (including phenoxy) is 1. The molecule has 1 amide bonds. The lowest BCUT2D eigenvalue weighted by atomic mass is 10.0. The molecule has 13 heavy (non-hydrogen) atoms. The molecule has 1 rings (SSSR count). The van der Waals surface area contributed by atoms with Crippen molar-refractivity contribution in [3.63, 3.8) is 0 Å². The molecule has 4 nitrogen and oxygen atoms in total. The van der Waals surface area contributed by atoms with Crippen LogP contribution in [-0.2, 0) is 9.53 Å². The molecule has 1 aliphatic heterocycles. The summed E-state index contributed by atoms with van der Waals surface area (Å²) in [5.74, 6) is 0.121. The van der Waals surface area contributed by atoms with E-state index in [0.29, 0.717) is 13.0 Å². The topological polar surface area (TPSA) is 41.6 Å². The number of hydrogen-bond acceptors (Lipinski definition) is 3. The molecule has 1 saturated heterocycles. The monoisotopic (exact) mass is 186 g/mol. The van der Waals surface area contributed by atoms with Crippen LogP contribution >= 0.6 is 0 Å². The molecule has 0 radical (unpaired) electrons. The molecule has 0 bridgehead atoms. The lowest BCUT2D eigenvalue weighted by Crippen LogP contribution is -2.59. The molecule has 76 valence electrons. The Morgan fingerprint density at radius 3 is 2.54 bits per heavy atom. The average Bonchev–Trinajstić information content (AvgIpc) is 2.01. The zero-order chi connectivity index (χ0) is 9.90. The van der Waals surface area contributed by atoms with Crippen molar-refractivity contribution >= 4 is 5.91 Å². The van der Waals surface area contributed by atoms with Crippen LogP contribution in [0.5, 0.6) is 0 Å². The minimum Gasteiger partial charge on any atom is -0.372 e. The third kappa shape index (κ3) is 2.97. The van der Waals surface area contributed by atoms with Gasteiger partial charge in [-0.05, 0) is 6.92 Å². The van der Waals surface area contributed by atoms with Crippen molar-refractivity contribution in [3.05, 3.63) is 0 Å². The van der Waals surface area contributed by atoms with Crippen LogP contribution in [0.15, 0.2) is 0 Å². The Morgan fingerprint density at radius 1 is 1.54 bits per heavy atom. The van der Waals surface area contributed by atoms with Crippen molar-refractivity contribution in [3.8, 4) is 0 Å². The van der Waals surface area contributed by atoms with Crippen LogP contribution in [0.4, 0.5) is 0 Å². The Kier molecular flexibility index (Phi) is 3.27. The summed E-state index contributed by atoms with van der Waals surface area (Å²) in [7, 11) is 3.52. The van der Waals surface area contributed by atoms with Gasteiger partial charge in [-0.15, -0.1) is 0 Å². The Bertz CT molecular complexity index is 188. The highest BCUT2D eigenvalue weighted by Gasteiger charge is 2.32. The van der Waals surface area contributed by atoms with Gasteiger partial charge in [0.1, 0.15) is 0 Å². The van der Waals surface area contributed by atoms with E-state index < -0.39 is 0 Å². The number of carbonyl (C=O) groups excluding carboxylic acids is 1. The predicted octanol–water partition coefficient (Wildman–Crippen LogP) is -0.157. The summed E-state index contributed by atoms with van der Waals surface area (Å²) in [4.78, 5) is 12.8. The van der Waals surface area contributed by atoms with Crippen molar-refractivity contribution < 1.29 is 9.53 Å². The van der Waals surface area contributed by atoms with Crippen molar-refractivity contribution in [2.45, 2.75) is 18.9 Å². The standard InChI is InChI=1S/C9H18N2O2/c1-9(6-10-7-9)13-5-4-8(12)11(2)3/h10H,4-7H2,1-3H3. The summed E-state index contributed by atoms with van der Waals surface area (Å²) in [6, 6.07) is 0. The molecular formula is C9H18N2O2. The first kappa shape index (κ1) is 10.5. The second-order valence-corrected chi connectivity index (χ2v) is 3.94. The van der Waals surface area contributed by atoms with Crippen molar-refractivity contribution in [1.82, 2.24) is 10.2 Å². The molecular weight excluding hydrogens is 168 g/mol. The molecule has 1 fully saturated rings. The van der Waals surface area contributed by atoms with Gasteiger partial charge in [0.15, 0.2) is 0 Å². The number of rotatable bonds is 4. The summed E-state index contributed by atoms with van der Waals surface area (Å²) in [6.45, 7) is 4.37. The highest BCUT2D eigenvalue weighted by Crippen LogP contribution is 2.15. The van der Waals surface area contributed by atoms with Crippen LogP contribution < -0.4 is 5.32 Å². The maximum absolute atomic E-state index is 11.2. The molecule has 1 aliphatic rings. The van der Waals surface area contributed by atoms with Crippen LogP contribution in [0.1, 0.15) is 13.3 Å². The molecule has 1 heterocycles. The van der Waals surface area contributed by atoms with E-state index in [-0.39, 0.29) is 11.5 Å². The smallest absolute Gasteiger partial charge is 0.224 e. The highest BCUT2D eigenvalue weighted by atomic mass is 16.5. The third-order valence-electron chi connectivity index (χ3n) is 2.26. The second kappa shape index (κ2) is 4.07. The highest BCUT2D eigenvalue weighted by molar-refractivity contribution is 5.75. The minimum absolute atomic E-state index is 0.0351. The first-order valence-electron chi connectivity index (χ1n) is 4.58. The predicted molar refractivity (Wildman–Crippen MR) is 50.5 cm³/mol. The van der Waals surface area contributed by atoms with Crippen molar-refractivity contribution in [1.29, 1.82) is 0 Å². The Hall–Kier alpha value is -0.610. The lowest BCUT2D eigenvalue weighted by molar-refractivity contribution is -0.132.